The maximum Gasteiger partial charge on any atom is 0.244 e. The molecule has 21 heavy (non-hydrogen) atoms. The second-order valence-corrected chi connectivity index (χ2v) is 4.96. The highest BCUT2D eigenvalue weighted by Crippen LogP contribution is 2.28. The number of carbonyl (C=O) groups excluding carboxylic acids is 2. The summed E-state index contributed by atoms with van der Waals surface area (Å²) >= 11 is 0. The molecule has 0 saturated carbocycles. The summed E-state index contributed by atoms with van der Waals surface area (Å²) in [5.74, 6) is -0.301. The fourth-order valence-electron chi connectivity index (χ4n) is 2.45. The number of hydrogen-bond acceptors (Lipinski definition) is 3. The molecule has 0 atom stereocenters. The minimum atomic E-state index is -0.245. The van der Waals surface area contributed by atoms with Gasteiger partial charge in [-0.25, -0.2) is 0 Å². The van der Waals surface area contributed by atoms with Crippen molar-refractivity contribution >= 4 is 28.9 Å². The van der Waals surface area contributed by atoms with Crippen LogP contribution < -0.4 is 16.0 Å². The zero-order valence-electron chi connectivity index (χ0n) is 11.4. The Bertz CT molecular complexity index is 712. The number of para-hydroxylation sites is 1. The number of benzene rings is 2. The van der Waals surface area contributed by atoms with E-state index >= 15 is 0 Å². The molecule has 1 heterocycles. The van der Waals surface area contributed by atoms with E-state index in [-0.39, 0.29) is 18.4 Å². The van der Waals surface area contributed by atoms with E-state index in [0.29, 0.717) is 17.8 Å². The number of nitrogens with zero attached hydrogens (tertiary/aromatic N) is 1. The van der Waals surface area contributed by atoms with Crippen molar-refractivity contribution in [3.8, 4) is 0 Å². The molecule has 0 fully saturated rings. The molecule has 106 valence electrons. The normalized spacial score (nSPS) is 13.1. The van der Waals surface area contributed by atoms with Gasteiger partial charge in [0.05, 0.1) is 6.42 Å². The lowest BCUT2D eigenvalue weighted by Gasteiger charge is -2.17. The molecule has 3 rings (SSSR count). The summed E-state index contributed by atoms with van der Waals surface area (Å²) in [6, 6.07) is 14.5. The van der Waals surface area contributed by atoms with Gasteiger partial charge in [0.15, 0.2) is 0 Å². The number of nitrogen functional groups attached to an aromatic ring is 1. The second-order valence-electron chi connectivity index (χ2n) is 4.96. The van der Waals surface area contributed by atoms with E-state index in [1.807, 2.05) is 24.3 Å². The van der Waals surface area contributed by atoms with Crippen LogP contribution >= 0.6 is 0 Å². The van der Waals surface area contributed by atoms with Crippen LogP contribution in [0.3, 0.4) is 0 Å². The van der Waals surface area contributed by atoms with Crippen LogP contribution in [0.4, 0.5) is 17.1 Å². The molecule has 0 aliphatic carbocycles. The number of fused-ring (bicyclic) bond motifs is 1. The van der Waals surface area contributed by atoms with E-state index in [1.54, 1.807) is 24.3 Å². The van der Waals surface area contributed by atoms with E-state index in [2.05, 4.69) is 5.32 Å². The quantitative estimate of drug-likeness (QED) is 0.842. The monoisotopic (exact) mass is 281 g/mol. The van der Waals surface area contributed by atoms with Gasteiger partial charge in [-0.1, -0.05) is 24.3 Å². The SMILES string of the molecule is Nc1cccc(NC(=O)CN2C(=O)Cc3ccccc32)c1. The minimum Gasteiger partial charge on any atom is -0.399 e. The molecule has 2 aromatic rings. The van der Waals surface area contributed by atoms with Gasteiger partial charge in [0.1, 0.15) is 6.54 Å². The van der Waals surface area contributed by atoms with Crippen molar-refractivity contribution < 1.29 is 9.59 Å². The van der Waals surface area contributed by atoms with Gasteiger partial charge in [0.2, 0.25) is 11.8 Å². The predicted octanol–water partition coefficient (Wildman–Crippen LogP) is 1.80. The molecule has 2 aromatic carbocycles. The van der Waals surface area contributed by atoms with Crippen molar-refractivity contribution in [1.29, 1.82) is 0 Å². The van der Waals surface area contributed by atoms with Crippen LogP contribution in [-0.2, 0) is 16.0 Å². The van der Waals surface area contributed by atoms with Gasteiger partial charge in [-0.05, 0) is 29.8 Å². The number of carbonyl (C=O) groups is 2. The Balaban J connectivity index is 1.72. The molecular weight excluding hydrogens is 266 g/mol. The zero-order valence-corrected chi connectivity index (χ0v) is 11.4. The molecule has 1 aliphatic heterocycles. The van der Waals surface area contributed by atoms with Crippen molar-refractivity contribution in [2.45, 2.75) is 6.42 Å². The maximum absolute atomic E-state index is 12.1. The third-order valence-electron chi connectivity index (χ3n) is 3.40. The van der Waals surface area contributed by atoms with Gasteiger partial charge >= 0.3 is 0 Å². The second kappa shape index (κ2) is 5.28. The van der Waals surface area contributed by atoms with E-state index in [1.165, 1.54) is 4.90 Å². The Morgan fingerprint density at radius 3 is 2.81 bits per heavy atom. The maximum atomic E-state index is 12.1. The van der Waals surface area contributed by atoms with Gasteiger partial charge in [0, 0.05) is 17.1 Å². The zero-order chi connectivity index (χ0) is 14.8. The molecule has 0 spiro atoms. The smallest absolute Gasteiger partial charge is 0.244 e. The van der Waals surface area contributed by atoms with Crippen molar-refractivity contribution in [2.75, 3.05) is 22.5 Å². The van der Waals surface area contributed by atoms with E-state index in [0.717, 1.165) is 11.3 Å². The third-order valence-corrected chi connectivity index (χ3v) is 3.40. The highest BCUT2D eigenvalue weighted by atomic mass is 16.2. The van der Waals surface area contributed by atoms with E-state index in [4.69, 9.17) is 5.73 Å². The molecular formula is C16H15N3O2. The summed E-state index contributed by atoms with van der Waals surface area (Å²) in [5, 5.41) is 2.75. The van der Waals surface area contributed by atoms with Crippen molar-refractivity contribution in [2.24, 2.45) is 0 Å². The Kier molecular flexibility index (Phi) is 3.31. The van der Waals surface area contributed by atoms with Crippen LogP contribution in [0.1, 0.15) is 5.56 Å². The highest BCUT2D eigenvalue weighted by molar-refractivity contribution is 6.07. The lowest BCUT2D eigenvalue weighted by Crippen LogP contribution is -2.35. The first-order chi connectivity index (χ1) is 10.1. The number of rotatable bonds is 3. The van der Waals surface area contributed by atoms with Crippen LogP contribution in [0.2, 0.25) is 0 Å². The molecule has 0 saturated heterocycles. The highest BCUT2D eigenvalue weighted by Gasteiger charge is 2.28. The molecule has 0 bridgehead atoms. The Hall–Kier alpha value is -2.82. The van der Waals surface area contributed by atoms with Gasteiger partial charge in [-0.15, -0.1) is 0 Å². The summed E-state index contributed by atoms with van der Waals surface area (Å²) in [7, 11) is 0. The Morgan fingerprint density at radius 1 is 1.19 bits per heavy atom. The number of amides is 2. The molecule has 0 radical (unpaired) electrons. The predicted molar refractivity (Wildman–Crippen MR) is 82.0 cm³/mol. The van der Waals surface area contributed by atoms with Gasteiger partial charge < -0.3 is 16.0 Å². The molecule has 1 aliphatic rings. The third kappa shape index (κ3) is 2.72. The first-order valence-corrected chi connectivity index (χ1v) is 6.67. The van der Waals surface area contributed by atoms with Crippen molar-refractivity contribution in [3.63, 3.8) is 0 Å². The topological polar surface area (TPSA) is 75.4 Å². The standard InChI is InChI=1S/C16H15N3O2/c17-12-5-3-6-13(9-12)18-15(20)10-19-14-7-2-1-4-11(14)8-16(19)21/h1-7,9H,8,10,17H2,(H,18,20). The first kappa shape index (κ1) is 13.2. The lowest BCUT2D eigenvalue weighted by molar-refractivity contribution is -0.120. The van der Waals surface area contributed by atoms with Crippen LogP contribution in [0.5, 0.6) is 0 Å². The molecule has 3 N–H and O–H groups in total. The minimum absolute atomic E-state index is 0.00461. The Morgan fingerprint density at radius 2 is 2.00 bits per heavy atom. The fourth-order valence-corrected chi connectivity index (χ4v) is 2.45. The summed E-state index contributed by atoms with van der Waals surface area (Å²) < 4.78 is 0. The number of nitrogens with two attached hydrogens (primary N) is 1. The van der Waals surface area contributed by atoms with Crippen LogP contribution in [0.25, 0.3) is 0 Å². The van der Waals surface area contributed by atoms with Gasteiger partial charge in [0.25, 0.3) is 0 Å². The van der Waals surface area contributed by atoms with E-state index < -0.39 is 0 Å². The molecule has 2 amide bonds. The van der Waals surface area contributed by atoms with Crippen LogP contribution in [0.15, 0.2) is 48.5 Å². The van der Waals surface area contributed by atoms with Crippen molar-refractivity contribution in [3.05, 3.63) is 54.1 Å². The lowest BCUT2D eigenvalue weighted by atomic mass is 10.2. The van der Waals surface area contributed by atoms with Crippen LogP contribution in [0, 0.1) is 0 Å². The molecule has 0 aromatic heterocycles. The molecule has 5 heteroatoms. The summed E-state index contributed by atoms with van der Waals surface area (Å²) in [6.07, 6.45) is 0.349. The summed E-state index contributed by atoms with van der Waals surface area (Å²) in [6.45, 7) is 0.00461. The van der Waals surface area contributed by atoms with Gasteiger partial charge in [-0.2, -0.15) is 0 Å². The fraction of sp³-hybridized carbons (Fsp3) is 0.125. The number of hydrogen-bond donors (Lipinski definition) is 2. The largest absolute Gasteiger partial charge is 0.399 e. The Labute approximate surface area is 122 Å². The molecule has 5 nitrogen and oxygen atoms in total. The average molecular weight is 281 g/mol. The van der Waals surface area contributed by atoms with E-state index in [9.17, 15) is 9.59 Å². The van der Waals surface area contributed by atoms with Gasteiger partial charge in [-0.3, -0.25) is 9.59 Å². The first-order valence-electron chi connectivity index (χ1n) is 6.67. The molecule has 0 unspecified atom stereocenters. The van der Waals surface area contributed by atoms with Crippen molar-refractivity contribution in [1.82, 2.24) is 0 Å². The number of nitrogens with one attached hydrogen (secondary N) is 1. The average Bonchev–Trinajstić information content (AvgIpc) is 2.75. The summed E-state index contributed by atoms with van der Waals surface area (Å²) in [4.78, 5) is 25.6. The number of anilines is 3. The summed E-state index contributed by atoms with van der Waals surface area (Å²) in [5.41, 5.74) is 8.64. The van der Waals surface area contributed by atoms with Crippen LogP contribution in [-0.4, -0.2) is 18.4 Å².